The molecule has 2 N–H and O–H groups in total. The number of amides is 1. The van der Waals surface area contributed by atoms with Gasteiger partial charge < -0.3 is 0 Å². The van der Waals surface area contributed by atoms with E-state index in [4.69, 9.17) is 4.98 Å². The lowest BCUT2D eigenvalue weighted by molar-refractivity contribution is -0.121. The van der Waals surface area contributed by atoms with E-state index < -0.39 is 5.54 Å². The summed E-state index contributed by atoms with van der Waals surface area (Å²) in [6.45, 7) is 5.59. The van der Waals surface area contributed by atoms with E-state index in [1.54, 1.807) is 13.8 Å². The number of hydrogen-bond acceptors (Lipinski definition) is 6. The first-order valence-electron chi connectivity index (χ1n) is 11.8. The van der Waals surface area contributed by atoms with Gasteiger partial charge in [-0.2, -0.15) is 5.21 Å². The van der Waals surface area contributed by atoms with Gasteiger partial charge in [0.25, 0.3) is 11.5 Å². The van der Waals surface area contributed by atoms with Gasteiger partial charge in [-0.1, -0.05) is 61.9 Å². The summed E-state index contributed by atoms with van der Waals surface area (Å²) in [6, 6.07) is 16.0. The van der Waals surface area contributed by atoms with E-state index in [0.29, 0.717) is 30.2 Å². The van der Waals surface area contributed by atoms with Crippen LogP contribution in [0, 0.1) is 0 Å². The van der Waals surface area contributed by atoms with Gasteiger partial charge in [-0.3, -0.25) is 19.5 Å². The number of H-pyrrole nitrogens is 1. The Morgan fingerprint density at radius 3 is 2.43 bits per heavy atom. The van der Waals surface area contributed by atoms with E-state index in [2.05, 4.69) is 32.9 Å². The molecule has 1 aliphatic rings. The molecule has 3 heterocycles. The lowest BCUT2D eigenvalue weighted by Crippen LogP contribution is -2.40. The summed E-state index contributed by atoms with van der Waals surface area (Å²) in [5.41, 5.74) is 4.17. The third-order valence-corrected chi connectivity index (χ3v) is 6.53. The van der Waals surface area contributed by atoms with Crippen molar-refractivity contribution in [2.75, 3.05) is 5.32 Å². The summed E-state index contributed by atoms with van der Waals surface area (Å²) in [6.07, 6.45) is 3.06. The molecule has 1 aliphatic heterocycles. The minimum Gasteiger partial charge on any atom is -0.294 e. The second-order valence-electron chi connectivity index (χ2n) is 9.27. The second kappa shape index (κ2) is 8.90. The standard InChI is InChI=1S/C26H27N7O2/c1-4-5-10-21-20(23(34)33-25(27-21)28-24(35)26(33,2)3)15-16-11-13-17(14-12-16)18-8-6-7-9-19(18)22-29-31-32-30-22/h6-9,11-14H,4-5,10,15H2,1-3H3,(H,27,28,35)(H,29,30,31,32). The Kier molecular flexibility index (Phi) is 5.76. The molecule has 35 heavy (non-hydrogen) atoms. The molecule has 2 aromatic carbocycles. The summed E-state index contributed by atoms with van der Waals surface area (Å²) in [7, 11) is 0. The first-order chi connectivity index (χ1) is 16.9. The molecule has 0 aliphatic carbocycles. The van der Waals surface area contributed by atoms with Crippen LogP contribution in [0.5, 0.6) is 0 Å². The van der Waals surface area contributed by atoms with Crippen molar-refractivity contribution in [1.82, 2.24) is 30.2 Å². The van der Waals surface area contributed by atoms with Crippen LogP contribution >= 0.6 is 0 Å². The lowest BCUT2D eigenvalue weighted by atomic mass is 9.96. The predicted molar refractivity (Wildman–Crippen MR) is 133 cm³/mol. The molecule has 0 saturated carbocycles. The van der Waals surface area contributed by atoms with Gasteiger partial charge in [0.05, 0.1) is 5.69 Å². The van der Waals surface area contributed by atoms with Crippen molar-refractivity contribution in [2.45, 2.75) is 52.0 Å². The number of carbonyl (C=O) groups excluding carboxylic acids is 1. The van der Waals surface area contributed by atoms with Gasteiger partial charge in [0.2, 0.25) is 11.8 Å². The Bertz CT molecular complexity index is 1440. The van der Waals surface area contributed by atoms with Crippen molar-refractivity contribution in [1.29, 1.82) is 0 Å². The molecule has 0 unspecified atom stereocenters. The Morgan fingerprint density at radius 2 is 1.74 bits per heavy atom. The zero-order valence-corrected chi connectivity index (χ0v) is 20.0. The van der Waals surface area contributed by atoms with E-state index in [9.17, 15) is 9.59 Å². The van der Waals surface area contributed by atoms with Crippen LogP contribution in [0.25, 0.3) is 22.5 Å². The molecule has 178 valence electrons. The Morgan fingerprint density at radius 1 is 1.00 bits per heavy atom. The molecule has 9 nitrogen and oxygen atoms in total. The van der Waals surface area contributed by atoms with Gasteiger partial charge in [0.1, 0.15) is 5.54 Å². The largest absolute Gasteiger partial charge is 0.294 e. The zero-order valence-electron chi connectivity index (χ0n) is 20.0. The van der Waals surface area contributed by atoms with E-state index >= 15 is 0 Å². The maximum atomic E-state index is 13.6. The van der Waals surface area contributed by atoms with Crippen LogP contribution in [0.15, 0.2) is 53.3 Å². The number of rotatable bonds is 7. The highest BCUT2D eigenvalue weighted by molar-refractivity contribution is 5.98. The van der Waals surface area contributed by atoms with Gasteiger partial charge in [-0.15, -0.1) is 10.2 Å². The number of unbranched alkanes of at least 4 members (excludes halogenated alkanes) is 1. The number of carbonyl (C=O) groups is 1. The van der Waals surface area contributed by atoms with E-state index in [1.165, 1.54) is 4.57 Å². The van der Waals surface area contributed by atoms with Crippen LogP contribution in [-0.2, 0) is 23.2 Å². The topological polar surface area (TPSA) is 118 Å². The number of nitrogens with zero attached hydrogens (tertiary/aromatic N) is 5. The molecule has 0 radical (unpaired) electrons. The number of tetrazole rings is 1. The fourth-order valence-electron chi connectivity index (χ4n) is 4.50. The van der Waals surface area contributed by atoms with Crippen molar-refractivity contribution in [3.8, 4) is 22.5 Å². The Hall–Kier alpha value is -4.14. The highest BCUT2D eigenvalue weighted by Crippen LogP contribution is 2.31. The normalized spacial score (nSPS) is 14.1. The molecule has 4 aromatic rings. The molecule has 5 rings (SSSR count). The van der Waals surface area contributed by atoms with E-state index in [0.717, 1.165) is 40.8 Å². The van der Waals surface area contributed by atoms with E-state index in [-0.39, 0.29) is 11.5 Å². The van der Waals surface area contributed by atoms with Crippen molar-refractivity contribution < 1.29 is 4.79 Å². The van der Waals surface area contributed by atoms with Gasteiger partial charge >= 0.3 is 0 Å². The molecule has 0 atom stereocenters. The van der Waals surface area contributed by atoms with Crippen molar-refractivity contribution >= 4 is 11.9 Å². The van der Waals surface area contributed by atoms with Gasteiger partial charge in [0, 0.05) is 17.5 Å². The molecule has 0 saturated heterocycles. The fourth-order valence-corrected chi connectivity index (χ4v) is 4.50. The fraction of sp³-hybridized carbons (Fsp3) is 0.308. The summed E-state index contributed by atoms with van der Waals surface area (Å²) < 4.78 is 1.50. The smallest absolute Gasteiger partial charge is 0.259 e. The summed E-state index contributed by atoms with van der Waals surface area (Å²) in [4.78, 5) is 30.7. The first-order valence-corrected chi connectivity index (χ1v) is 11.8. The number of anilines is 1. The van der Waals surface area contributed by atoms with Gasteiger partial charge in [-0.25, -0.2) is 4.98 Å². The summed E-state index contributed by atoms with van der Waals surface area (Å²) in [5, 5.41) is 17.2. The Labute approximate surface area is 202 Å². The molecular weight excluding hydrogens is 442 g/mol. The highest BCUT2D eigenvalue weighted by atomic mass is 16.2. The molecule has 9 heteroatoms. The van der Waals surface area contributed by atoms with Crippen LogP contribution in [0.1, 0.15) is 50.4 Å². The van der Waals surface area contributed by atoms with Crippen LogP contribution in [-0.4, -0.2) is 36.1 Å². The number of benzene rings is 2. The molecule has 0 bridgehead atoms. The van der Waals surface area contributed by atoms with Crippen molar-refractivity contribution in [3.05, 3.63) is 75.7 Å². The Balaban J connectivity index is 1.51. The number of aromatic amines is 1. The van der Waals surface area contributed by atoms with Crippen LogP contribution < -0.4 is 10.9 Å². The average molecular weight is 470 g/mol. The molecule has 0 spiro atoms. The third kappa shape index (κ3) is 4.03. The average Bonchev–Trinajstić information content (AvgIpc) is 3.47. The minimum atomic E-state index is -0.972. The molecular formula is C26H27N7O2. The number of aryl methyl sites for hydroxylation is 1. The number of hydrogen-bond donors (Lipinski definition) is 2. The maximum absolute atomic E-state index is 13.6. The lowest BCUT2D eigenvalue weighted by Gasteiger charge is -2.19. The molecule has 2 aromatic heterocycles. The predicted octanol–water partition coefficient (Wildman–Crippen LogP) is 3.71. The van der Waals surface area contributed by atoms with Gasteiger partial charge in [-0.05, 0) is 48.6 Å². The summed E-state index contributed by atoms with van der Waals surface area (Å²) in [5.74, 6) is 0.659. The zero-order chi connectivity index (χ0) is 24.6. The summed E-state index contributed by atoms with van der Waals surface area (Å²) >= 11 is 0. The maximum Gasteiger partial charge on any atom is 0.259 e. The quantitative estimate of drug-likeness (QED) is 0.426. The van der Waals surface area contributed by atoms with Crippen LogP contribution in [0.2, 0.25) is 0 Å². The first kappa shape index (κ1) is 22.6. The number of fused-ring (bicyclic) bond motifs is 1. The molecule has 0 fully saturated rings. The second-order valence-corrected chi connectivity index (χ2v) is 9.27. The van der Waals surface area contributed by atoms with Gasteiger partial charge in [0.15, 0.2) is 0 Å². The van der Waals surface area contributed by atoms with Crippen molar-refractivity contribution in [3.63, 3.8) is 0 Å². The molecule has 1 amide bonds. The number of nitrogens with one attached hydrogen (secondary N) is 2. The monoisotopic (exact) mass is 469 g/mol. The third-order valence-electron chi connectivity index (χ3n) is 6.53. The number of aromatic nitrogens is 6. The minimum absolute atomic E-state index is 0.156. The SMILES string of the molecule is CCCCc1nc2n(c(=O)c1Cc1ccc(-c3ccccc3-c3nn[nH]n3)cc1)C(C)(C)C(=O)N2. The highest BCUT2D eigenvalue weighted by Gasteiger charge is 2.41. The van der Waals surface area contributed by atoms with Crippen LogP contribution in [0.3, 0.4) is 0 Å². The van der Waals surface area contributed by atoms with E-state index in [1.807, 2.05) is 48.5 Å². The van der Waals surface area contributed by atoms with Crippen molar-refractivity contribution in [2.24, 2.45) is 0 Å². The van der Waals surface area contributed by atoms with Crippen LogP contribution in [0.4, 0.5) is 5.95 Å².